The van der Waals surface area contributed by atoms with E-state index in [9.17, 15) is 0 Å². The lowest BCUT2D eigenvalue weighted by Crippen LogP contribution is -2.18. The van der Waals surface area contributed by atoms with Crippen molar-refractivity contribution in [2.24, 2.45) is 0 Å². The summed E-state index contributed by atoms with van der Waals surface area (Å²) in [6.07, 6.45) is 8.31. The average Bonchev–Trinajstić information content (AvgIpc) is 2.43. The molecule has 1 aliphatic rings. The summed E-state index contributed by atoms with van der Waals surface area (Å²) in [5.41, 5.74) is 2.70. The van der Waals surface area contributed by atoms with Crippen molar-refractivity contribution < 1.29 is 0 Å². The Kier molecular flexibility index (Phi) is 5.97. The molecule has 0 aliphatic heterocycles. The highest BCUT2D eigenvalue weighted by atomic mass is 35.5. The molecule has 1 rings (SSSR count). The molecule has 92 valence electrons. The van der Waals surface area contributed by atoms with Crippen molar-refractivity contribution >= 4 is 11.6 Å². The molecule has 0 bridgehead atoms. The van der Waals surface area contributed by atoms with Crippen LogP contribution in [0.5, 0.6) is 0 Å². The first kappa shape index (κ1) is 13.6. The molecule has 0 aromatic heterocycles. The van der Waals surface area contributed by atoms with Crippen molar-refractivity contribution in [2.45, 2.75) is 52.9 Å². The maximum Gasteiger partial charge on any atom is 0.0441 e. The van der Waals surface area contributed by atoms with E-state index >= 15 is 0 Å². The van der Waals surface area contributed by atoms with Crippen LogP contribution in [0, 0.1) is 0 Å². The van der Waals surface area contributed by atoms with E-state index in [0.29, 0.717) is 0 Å². The summed E-state index contributed by atoms with van der Waals surface area (Å²) in [6.45, 7) is 8.78. The minimum Gasteiger partial charge on any atom is -0.377 e. The van der Waals surface area contributed by atoms with Gasteiger partial charge < -0.3 is 4.90 Å². The summed E-state index contributed by atoms with van der Waals surface area (Å²) in [6, 6.07) is 0. The molecule has 0 aromatic carbocycles. The maximum atomic E-state index is 6.42. The second-order valence-electron chi connectivity index (χ2n) is 4.58. The van der Waals surface area contributed by atoms with Crippen molar-refractivity contribution in [1.82, 2.24) is 4.90 Å². The van der Waals surface area contributed by atoms with E-state index in [1.54, 1.807) is 0 Å². The van der Waals surface area contributed by atoms with Gasteiger partial charge in [0.1, 0.15) is 0 Å². The molecule has 16 heavy (non-hydrogen) atoms. The number of nitrogens with zero attached hydrogens (tertiary/aromatic N) is 1. The summed E-state index contributed by atoms with van der Waals surface area (Å²) < 4.78 is 0. The molecule has 0 saturated carbocycles. The molecule has 0 spiro atoms. The normalized spacial score (nSPS) is 20.1. The zero-order valence-corrected chi connectivity index (χ0v) is 11.6. The van der Waals surface area contributed by atoms with Crippen LogP contribution in [0.15, 0.2) is 22.4 Å². The zero-order chi connectivity index (χ0) is 12.0. The number of halogens is 1. The van der Waals surface area contributed by atoms with Gasteiger partial charge in [-0.25, -0.2) is 0 Å². The highest BCUT2D eigenvalue weighted by Crippen LogP contribution is 2.30. The fraction of sp³-hybridized carbons (Fsp3) is 0.714. The van der Waals surface area contributed by atoms with Crippen molar-refractivity contribution in [3.8, 4) is 0 Å². The molecular weight excluding hydrogens is 218 g/mol. The maximum absolute atomic E-state index is 6.42. The molecule has 0 atom stereocenters. The Hall–Kier alpha value is -0.430. The molecule has 0 heterocycles. The third-order valence-corrected chi connectivity index (χ3v) is 3.73. The van der Waals surface area contributed by atoms with Gasteiger partial charge in [0.05, 0.1) is 0 Å². The molecule has 0 unspecified atom stereocenters. The van der Waals surface area contributed by atoms with Crippen LogP contribution in [-0.2, 0) is 0 Å². The molecule has 1 aliphatic carbocycles. The van der Waals surface area contributed by atoms with Crippen molar-refractivity contribution in [3.63, 3.8) is 0 Å². The van der Waals surface area contributed by atoms with E-state index < -0.39 is 0 Å². The Morgan fingerprint density at radius 2 is 1.94 bits per heavy atom. The predicted octanol–water partition coefficient (Wildman–Crippen LogP) is 4.69. The van der Waals surface area contributed by atoms with Crippen LogP contribution in [0.3, 0.4) is 0 Å². The Labute approximate surface area is 105 Å². The fourth-order valence-corrected chi connectivity index (χ4v) is 2.38. The van der Waals surface area contributed by atoms with E-state index in [0.717, 1.165) is 31.0 Å². The molecule has 0 fully saturated rings. The van der Waals surface area contributed by atoms with Gasteiger partial charge in [0.2, 0.25) is 0 Å². The van der Waals surface area contributed by atoms with Crippen LogP contribution in [0.2, 0.25) is 0 Å². The first-order chi connectivity index (χ1) is 7.69. The van der Waals surface area contributed by atoms with Crippen molar-refractivity contribution in [1.29, 1.82) is 0 Å². The van der Waals surface area contributed by atoms with Gasteiger partial charge in [0.15, 0.2) is 0 Å². The Morgan fingerprint density at radius 3 is 2.56 bits per heavy atom. The van der Waals surface area contributed by atoms with Gasteiger partial charge in [0.25, 0.3) is 0 Å². The van der Waals surface area contributed by atoms with Gasteiger partial charge >= 0.3 is 0 Å². The van der Waals surface area contributed by atoms with Gasteiger partial charge in [-0.1, -0.05) is 24.1 Å². The lowest BCUT2D eigenvalue weighted by Gasteiger charge is -2.19. The van der Waals surface area contributed by atoms with Crippen LogP contribution >= 0.6 is 11.6 Å². The second-order valence-corrected chi connectivity index (χ2v) is 4.96. The molecular formula is C14H24ClN. The van der Waals surface area contributed by atoms with Gasteiger partial charge in [0, 0.05) is 24.3 Å². The van der Waals surface area contributed by atoms with Crippen molar-refractivity contribution in [2.75, 3.05) is 13.1 Å². The number of hydrogen-bond donors (Lipinski definition) is 0. The monoisotopic (exact) mass is 241 g/mol. The van der Waals surface area contributed by atoms with Gasteiger partial charge in [-0.3, -0.25) is 0 Å². The molecule has 1 nitrogen and oxygen atoms in total. The average molecular weight is 242 g/mol. The standard InChI is InChI=1S/C14H24ClN/c1-4-10-16(5-2)11-13-9-7-6-8-12(3)14(13)15/h11H,4-10H2,1-3H3/b13-11+. The van der Waals surface area contributed by atoms with Crippen LogP contribution in [0.1, 0.15) is 52.9 Å². The largest absolute Gasteiger partial charge is 0.377 e. The molecule has 0 radical (unpaired) electrons. The number of allylic oxidation sites excluding steroid dienone is 3. The molecule has 0 saturated heterocycles. The molecule has 0 amide bonds. The van der Waals surface area contributed by atoms with E-state index in [2.05, 4.69) is 31.9 Å². The van der Waals surface area contributed by atoms with Gasteiger partial charge in [-0.05, 0) is 51.5 Å². The lowest BCUT2D eigenvalue weighted by molar-refractivity contribution is 0.392. The quantitative estimate of drug-likeness (QED) is 0.690. The van der Waals surface area contributed by atoms with E-state index in [1.165, 1.54) is 30.4 Å². The lowest BCUT2D eigenvalue weighted by atomic mass is 10.1. The first-order valence-electron chi connectivity index (χ1n) is 6.49. The Balaban J connectivity index is 2.82. The SMILES string of the molecule is CCCN(/C=C1\CCCCC(C)=C1Cl)CC. The summed E-state index contributed by atoms with van der Waals surface area (Å²) in [7, 11) is 0. The highest BCUT2D eigenvalue weighted by molar-refractivity contribution is 6.32. The van der Waals surface area contributed by atoms with E-state index in [1.807, 2.05) is 0 Å². The first-order valence-corrected chi connectivity index (χ1v) is 6.87. The van der Waals surface area contributed by atoms with E-state index in [4.69, 9.17) is 11.6 Å². The summed E-state index contributed by atoms with van der Waals surface area (Å²) in [4.78, 5) is 2.37. The number of hydrogen-bond acceptors (Lipinski definition) is 1. The zero-order valence-electron chi connectivity index (χ0n) is 10.9. The highest BCUT2D eigenvalue weighted by Gasteiger charge is 2.12. The second kappa shape index (κ2) is 7.01. The van der Waals surface area contributed by atoms with Crippen LogP contribution in [-0.4, -0.2) is 18.0 Å². The van der Waals surface area contributed by atoms with Gasteiger partial charge in [-0.2, -0.15) is 0 Å². The van der Waals surface area contributed by atoms with Crippen molar-refractivity contribution in [3.05, 3.63) is 22.4 Å². The molecule has 0 aromatic rings. The third-order valence-electron chi connectivity index (χ3n) is 3.16. The van der Waals surface area contributed by atoms with E-state index in [-0.39, 0.29) is 0 Å². The summed E-state index contributed by atoms with van der Waals surface area (Å²) >= 11 is 6.42. The van der Waals surface area contributed by atoms with Crippen LogP contribution in [0.4, 0.5) is 0 Å². The minimum atomic E-state index is 1.02. The summed E-state index contributed by atoms with van der Waals surface area (Å²) in [5, 5.41) is 1.02. The van der Waals surface area contributed by atoms with Gasteiger partial charge in [-0.15, -0.1) is 0 Å². The summed E-state index contributed by atoms with van der Waals surface area (Å²) in [5.74, 6) is 0. The predicted molar refractivity (Wildman–Crippen MR) is 72.6 cm³/mol. The Bertz CT molecular complexity index is 278. The topological polar surface area (TPSA) is 3.24 Å². The Morgan fingerprint density at radius 1 is 1.25 bits per heavy atom. The van der Waals surface area contributed by atoms with Crippen LogP contribution < -0.4 is 0 Å². The minimum absolute atomic E-state index is 1.02. The number of rotatable bonds is 4. The van der Waals surface area contributed by atoms with Crippen LogP contribution in [0.25, 0.3) is 0 Å². The molecule has 2 heteroatoms. The molecule has 0 N–H and O–H groups in total. The smallest absolute Gasteiger partial charge is 0.0441 e. The fourth-order valence-electron chi connectivity index (χ4n) is 2.14. The third kappa shape index (κ3) is 3.86.